The van der Waals surface area contributed by atoms with Crippen LogP contribution in [0.25, 0.3) is 0 Å². The van der Waals surface area contributed by atoms with Crippen molar-refractivity contribution in [2.75, 3.05) is 5.75 Å². The molecule has 3 rings (SSSR count). The van der Waals surface area contributed by atoms with Gasteiger partial charge in [-0.2, -0.15) is 0 Å². The summed E-state index contributed by atoms with van der Waals surface area (Å²) in [6, 6.07) is 5.36. The fourth-order valence-corrected chi connectivity index (χ4v) is 4.34. The molecule has 0 bridgehead atoms. The molecule has 22 heavy (non-hydrogen) atoms. The van der Waals surface area contributed by atoms with Crippen LogP contribution in [0.15, 0.2) is 23.2 Å². The molecule has 0 radical (unpaired) electrons. The summed E-state index contributed by atoms with van der Waals surface area (Å²) in [4.78, 5) is 15.1. The van der Waals surface area contributed by atoms with E-state index in [1.807, 2.05) is 6.92 Å². The van der Waals surface area contributed by atoms with Gasteiger partial charge < -0.3 is 5.32 Å². The molecule has 1 saturated heterocycles. The Hall–Kier alpha value is -1.56. The van der Waals surface area contributed by atoms with Crippen LogP contribution in [-0.2, 0) is 0 Å². The summed E-state index contributed by atoms with van der Waals surface area (Å²) in [5, 5.41) is 15.3. The Morgan fingerprint density at radius 1 is 1.32 bits per heavy atom. The van der Waals surface area contributed by atoms with Crippen LogP contribution in [0.2, 0.25) is 0 Å². The van der Waals surface area contributed by atoms with E-state index in [9.17, 15) is 10.1 Å². The summed E-state index contributed by atoms with van der Waals surface area (Å²) >= 11 is 1.76. The average molecular weight is 319 g/mol. The normalized spacial score (nSPS) is 24.4. The van der Waals surface area contributed by atoms with Crippen molar-refractivity contribution in [2.45, 2.75) is 45.1 Å². The Morgan fingerprint density at radius 2 is 2.09 bits per heavy atom. The molecule has 1 aromatic rings. The molecule has 1 aliphatic heterocycles. The number of hydrogen-bond donors (Lipinski definition) is 1. The van der Waals surface area contributed by atoms with Gasteiger partial charge in [0.25, 0.3) is 5.69 Å². The lowest BCUT2D eigenvalue weighted by atomic mass is 9.85. The topological polar surface area (TPSA) is 67.5 Å². The van der Waals surface area contributed by atoms with E-state index in [-0.39, 0.29) is 10.6 Å². The van der Waals surface area contributed by atoms with Gasteiger partial charge in [0.2, 0.25) is 0 Å². The van der Waals surface area contributed by atoms with E-state index in [4.69, 9.17) is 0 Å². The second kappa shape index (κ2) is 6.69. The molecule has 6 heteroatoms. The van der Waals surface area contributed by atoms with Crippen molar-refractivity contribution in [1.29, 1.82) is 0 Å². The van der Waals surface area contributed by atoms with Gasteiger partial charge in [-0.25, -0.2) is 4.99 Å². The zero-order valence-electron chi connectivity index (χ0n) is 12.7. The van der Waals surface area contributed by atoms with E-state index >= 15 is 0 Å². The fourth-order valence-electron chi connectivity index (χ4n) is 3.25. The first-order valence-electron chi connectivity index (χ1n) is 7.86. The molecule has 0 spiro atoms. The highest BCUT2D eigenvalue weighted by Crippen LogP contribution is 2.32. The van der Waals surface area contributed by atoms with E-state index in [0.29, 0.717) is 6.04 Å². The van der Waals surface area contributed by atoms with E-state index in [2.05, 4.69) is 10.3 Å². The zero-order valence-corrected chi connectivity index (χ0v) is 13.6. The number of hydrogen-bond acceptors (Lipinski definition) is 4. The molecule has 0 amide bonds. The monoisotopic (exact) mass is 319 g/mol. The zero-order chi connectivity index (χ0) is 15.5. The van der Waals surface area contributed by atoms with Crippen molar-refractivity contribution < 1.29 is 4.92 Å². The lowest BCUT2D eigenvalue weighted by molar-refractivity contribution is -0.384. The van der Waals surface area contributed by atoms with Crippen LogP contribution in [0.1, 0.15) is 37.7 Å². The number of nitrogens with one attached hydrogen (secondary N) is 1. The van der Waals surface area contributed by atoms with Crippen LogP contribution in [0.5, 0.6) is 0 Å². The average Bonchev–Trinajstić information content (AvgIpc) is 2.98. The van der Waals surface area contributed by atoms with Gasteiger partial charge in [-0.3, -0.25) is 10.1 Å². The molecule has 0 unspecified atom stereocenters. The highest BCUT2D eigenvalue weighted by Gasteiger charge is 2.29. The number of aryl methyl sites for hydroxylation is 1. The van der Waals surface area contributed by atoms with E-state index in [0.717, 1.165) is 28.1 Å². The number of nitrogens with zero attached hydrogens (tertiary/aromatic N) is 2. The minimum atomic E-state index is -0.369. The molecule has 2 fully saturated rings. The minimum absolute atomic E-state index is 0.119. The predicted octanol–water partition coefficient (Wildman–Crippen LogP) is 4.18. The first-order valence-corrected chi connectivity index (χ1v) is 8.85. The molecular formula is C16H21N3O2S. The molecule has 1 aromatic carbocycles. The third kappa shape index (κ3) is 3.43. The van der Waals surface area contributed by atoms with Crippen LogP contribution < -0.4 is 5.32 Å². The third-order valence-corrected chi connectivity index (χ3v) is 5.55. The molecule has 1 heterocycles. The second-order valence-electron chi connectivity index (χ2n) is 6.10. The second-order valence-corrected chi connectivity index (χ2v) is 7.11. The molecule has 5 nitrogen and oxygen atoms in total. The van der Waals surface area contributed by atoms with E-state index < -0.39 is 0 Å². The summed E-state index contributed by atoms with van der Waals surface area (Å²) in [5.74, 6) is 1.85. The maximum Gasteiger partial charge on any atom is 0.269 e. The van der Waals surface area contributed by atoms with Gasteiger partial charge in [-0.1, -0.05) is 31.0 Å². The maximum atomic E-state index is 10.8. The van der Waals surface area contributed by atoms with Gasteiger partial charge >= 0.3 is 0 Å². The summed E-state index contributed by atoms with van der Waals surface area (Å²) in [7, 11) is 0. The SMILES string of the molecule is Cc1cc([N+](=O)[O-])ccc1/N=C1/N[C@@H](C2CCCCC2)CS1. The molecule has 118 valence electrons. The lowest BCUT2D eigenvalue weighted by Crippen LogP contribution is -2.35. The predicted molar refractivity (Wildman–Crippen MR) is 90.9 cm³/mol. The molecule has 1 aliphatic carbocycles. The number of thioether (sulfide) groups is 1. The Kier molecular flexibility index (Phi) is 4.66. The number of nitro groups is 1. The molecule has 1 atom stereocenters. The van der Waals surface area contributed by atoms with E-state index in [1.54, 1.807) is 23.9 Å². The lowest BCUT2D eigenvalue weighted by Gasteiger charge is -2.26. The van der Waals surface area contributed by atoms with Crippen LogP contribution in [0.3, 0.4) is 0 Å². The number of nitro benzene ring substituents is 1. The standard InChI is InChI=1S/C16H21N3O2S/c1-11-9-13(19(20)21)7-8-14(11)17-16-18-15(10-22-16)12-5-3-2-4-6-12/h7-9,12,15H,2-6,10H2,1H3,(H,17,18)/t15-/m1/s1. The van der Waals surface area contributed by atoms with Crippen molar-refractivity contribution in [1.82, 2.24) is 5.32 Å². The van der Waals surface area contributed by atoms with Crippen molar-refractivity contribution in [3.63, 3.8) is 0 Å². The Balaban J connectivity index is 1.69. The Bertz CT molecular complexity index is 597. The van der Waals surface area contributed by atoms with Crippen molar-refractivity contribution >= 4 is 28.3 Å². The highest BCUT2D eigenvalue weighted by atomic mass is 32.2. The third-order valence-electron chi connectivity index (χ3n) is 4.54. The van der Waals surface area contributed by atoms with Gasteiger partial charge in [0.1, 0.15) is 0 Å². The Morgan fingerprint density at radius 3 is 2.77 bits per heavy atom. The smallest absolute Gasteiger partial charge is 0.269 e. The maximum absolute atomic E-state index is 10.8. The van der Waals surface area contributed by atoms with Crippen LogP contribution in [-0.4, -0.2) is 21.9 Å². The van der Waals surface area contributed by atoms with Crippen LogP contribution in [0, 0.1) is 23.0 Å². The largest absolute Gasteiger partial charge is 0.361 e. The highest BCUT2D eigenvalue weighted by molar-refractivity contribution is 8.14. The number of rotatable bonds is 3. The van der Waals surface area contributed by atoms with Crippen molar-refractivity contribution in [3.05, 3.63) is 33.9 Å². The number of benzene rings is 1. The summed E-state index contributed by atoms with van der Waals surface area (Å²) in [5.41, 5.74) is 1.77. The summed E-state index contributed by atoms with van der Waals surface area (Å²) in [6.45, 7) is 1.87. The first kappa shape index (κ1) is 15.3. The van der Waals surface area contributed by atoms with Crippen LogP contribution >= 0.6 is 11.8 Å². The quantitative estimate of drug-likeness (QED) is 0.670. The van der Waals surface area contributed by atoms with Crippen molar-refractivity contribution in [3.8, 4) is 0 Å². The van der Waals surface area contributed by atoms with Crippen LogP contribution in [0.4, 0.5) is 11.4 Å². The van der Waals surface area contributed by atoms with Gasteiger partial charge in [-0.15, -0.1) is 0 Å². The van der Waals surface area contributed by atoms with Gasteiger partial charge in [0, 0.05) is 23.9 Å². The summed E-state index contributed by atoms with van der Waals surface area (Å²) in [6.07, 6.45) is 6.71. The molecule has 1 saturated carbocycles. The number of non-ortho nitro benzene ring substituents is 1. The van der Waals surface area contributed by atoms with Gasteiger partial charge in [0.15, 0.2) is 5.17 Å². The summed E-state index contributed by atoms with van der Waals surface area (Å²) < 4.78 is 0. The molecule has 2 aliphatic rings. The van der Waals surface area contributed by atoms with E-state index in [1.165, 1.54) is 38.2 Å². The fraction of sp³-hybridized carbons (Fsp3) is 0.562. The number of amidine groups is 1. The molecular weight excluding hydrogens is 298 g/mol. The Labute approximate surface area is 134 Å². The molecule has 0 aromatic heterocycles. The minimum Gasteiger partial charge on any atom is -0.361 e. The first-order chi connectivity index (χ1) is 10.6. The number of aliphatic imine (C=N–C) groups is 1. The molecule has 1 N–H and O–H groups in total. The van der Waals surface area contributed by atoms with Gasteiger partial charge in [0.05, 0.1) is 10.6 Å². The van der Waals surface area contributed by atoms with Gasteiger partial charge in [-0.05, 0) is 37.3 Å². The van der Waals surface area contributed by atoms with Crippen molar-refractivity contribution in [2.24, 2.45) is 10.9 Å².